The molecule has 124 valence electrons. The number of hydrogen-bond donors (Lipinski definition) is 1. The van der Waals surface area contributed by atoms with Gasteiger partial charge in [-0.2, -0.15) is 5.10 Å². The van der Waals surface area contributed by atoms with Crippen LogP contribution in [0.3, 0.4) is 0 Å². The van der Waals surface area contributed by atoms with E-state index in [0.29, 0.717) is 17.9 Å². The van der Waals surface area contributed by atoms with Crippen LogP contribution in [0.5, 0.6) is 5.75 Å². The lowest BCUT2D eigenvalue weighted by Gasteiger charge is -2.09. The van der Waals surface area contributed by atoms with Gasteiger partial charge in [0.1, 0.15) is 12.4 Å². The van der Waals surface area contributed by atoms with Gasteiger partial charge in [-0.25, -0.2) is 5.43 Å². The Hall–Kier alpha value is -3.47. The first kappa shape index (κ1) is 16.4. The summed E-state index contributed by atoms with van der Waals surface area (Å²) in [7, 11) is 0. The first-order chi connectivity index (χ1) is 12.3. The average molecular weight is 331 g/mol. The number of rotatable bonds is 6. The van der Waals surface area contributed by atoms with E-state index < -0.39 is 0 Å². The van der Waals surface area contributed by atoms with Crippen molar-refractivity contribution in [2.24, 2.45) is 5.10 Å². The van der Waals surface area contributed by atoms with E-state index in [-0.39, 0.29) is 5.91 Å². The number of ether oxygens (including phenoxy) is 1. The summed E-state index contributed by atoms with van der Waals surface area (Å²) in [5.41, 5.74) is 4.80. The van der Waals surface area contributed by atoms with Crippen molar-refractivity contribution >= 4 is 12.1 Å². The molecule has 0 bridgehead atoms. The van der Waals surface area contributed by atoms with E-state index >= 15 is 0 Å². The highest BCUT2D eigenvalue weighted by Gasteiger charge is 2.04. The third-order valence-corrected chi connectivity index (χ3v) is 3.45. The van der Waals surface area contributed by atoms with Gasteiger partial charge in [0, 0.05) is 18.0 Å². The van der Waals surface area contributed by atoms with Gasteiger partial charge in [-0.1, -0.05) is 42.5 Å². The standard InChI is InChI=1S/C20H17N3O2/c24-20(18-10-6-12-21-13-18)23-22-14-17-9-4-5-11-19(17)25-15-16-7-2-1-3-8-16/h1-14H,15H2,(H,23,24)/b22-14+. The van der Waals surface area contributed by atoms with Crippen molar-refractivity contribution in [2.75, 3.05) is 0 Å². The Morgan fingerprint density at radius 2 is 1.84 bits per heavy atom. The van der Waals surface area contributed by atoms with E-state index in [0.717, 1.165) is 11.1 Å². The fourth-order valence-electron chi connectivity index (χ4n) is 2.18. The maximum absolute atomic E-state index is 11.9. The van der Waals surface area contributed by atoms with Crippen molar-refractivity contribution in [1.29, 1.82) is 0 Å². The highest BCUT2D eigenvalue weighted by molar-refractivity contribution is 5.94. The van der Waals surface area contributed by atoms with Gasteiger partial charge < -0.3 is 4.74 Å². The summed E-state index contributed by atoms with van der Waals surface area (Å²) < 4.78 is 5.85. The minimum absolute atomic E-state index is 0.313. The predicted octanol–water partition coefficient (Wildman–Crippen LogP) is 3.42. The van der Waals surface area contributed by atoms with Crippen molar-refractivity contribution in [2.45, 2.75) is 6.61 Å². The number of para-hydroxylation sites is 1. The summed E-state index contributed by atoms with van der Waals surface area (Å²) in [5, 5.41) is 4.00. The number of aromatic nitrogens is 1. The van der Waals surface area contributed by atoms with Crippen molar-refractivity contribution < 1.29 is 9.53 Å². The monoisotopic (exact) mass is 331 g/mol. The first-order valence-corrected chi connectivity index (χ1v) is 7.82. The lowest BCUT2D eigenvalue weighted by molar-refractivity contribution is 0.0954. The number of carbonyl (C=O) groups is 1. The molecule has 0 fully saturated rings. The van der Waals surface area contributed by atoms with Crippen molar-refractivity contribution in [3.05, 3.63) is 95.8 Å². The largest absolute Gasteiger partial charge is 0.488 e. The van der Waals surface area contributed by atoms with E-state index in [1.807, 2.05) is 54.6 Å². The number of hydrazone groups is 1. The molecule has 25 heavy (non-hydrogen) atoms. The molecule has 0 saturated carbocycles. The third kappa shape index (κ3) is 4.75. The van der Waals surface area contributed by atoms with Gasteiger partial charge in [0.15, 0.2) is 0 Å². The van der Waals surface area contributed by atoms with Gasteiger partial charge in [-0.05, 0) is 29.8 Å². The Labute approximate surface area is 146 Å². The van der Waals surface area contributed by atoms with Crippen LogP contribution in [0, 0.1) is 0 Å². The van der Waals surface area contributed by atoms with Gasteiger partial charge in [0.25, 0.3) is 5.91 Å². The Morgan fingerprint density at radius 1 is 1.04 bits per heavy atom. The molecule has 0 aliphatic rings. The van der Waals surface area contributed by atoms with Crippen LogP contribution in [-0.4, -0.2) is 17.1 Å². The second-order valence-corrected chi connectivity index (χ2v) is 5.25. The number of pyridine rings is 1. The van der Waals surface area contributed by atoms with E-state index in [2.05, 4.69) is 15.5 Å². The molecule has 0 atom stereocenters. The zero-order chi connectivity index (χ0) is 17.3. The molecule has 5 heteroatoms. The quantitative estimate of drug-likeness (QED) is 0.556. The SMILES string of the molecule is O=C(N/N=C/c1ccccc1OCc1ccccc1)c1cccnc1. The molecule has 1 aromatic heterocycles. The topological polar surface area (TPSA) is 63.6 Å². The smallest absolute Gasteiger partial charge is 0.272 e. The molecular formula is C20H17N3O2. The molecule has 1 heterocycles. The van der Waals surface area contributed by atoms with Crippen LogP contribution in [0.1, 0.15) is 21.5 Å². The van der Waals surface area contributed by atoms with E-state index in [9.17, 15) is 4.79 Å². The lowest BCUT2D eigenvalue weighted by Crippen LogP contribution is -2.17. The molecule has 0 aliphatic carbocycles. The van der Waals surface area contributed by atoms with Gasteiger partial charge in [-0.15, -0.1) is 0 Å². The van der Waals surface area contributed by atoms with Crippen LogP contribution in [0.2, 0.25) is 0 Å². The molecule has 0 aliphatic heterocycles. The van der Waals surface area contributed by atoms with Gasteiger partial charge in [-0.3, -0.25) is 9.78 Å². The number of hydrogen-bond acceptors (Lipinski definition) is 4. The zero-order valence-electron chi connectivity index (χ0n) is 13.5. The van der Waals surface area contributed by atoms with Crippen LogP contribution >= 0.6 is 0 Å². The molecule has 0 spiro atoms. The second kappa shape index (κ2) is 8.40. The molecule has 1 N–H and O–H groups in total. The molecule has 0 saturated heterocycles. The maximum Gasteiger partial charge on any atom is 0.272 e. The minimum Gasteiger partial charge on any atom is -0.488 e. The minimum atomic E-state index is -0.313. The molecule has 1 amide bonds. The average Bonchev–Trinajstić information content (AvgIpc) is 2.68. The van der Waals surface area contributed by atoms with E-state index in [4.69, 9.17) is 4.74 Å². The molecule has 5 nitrogen and oxygen atoms in total. The van der Waals surface area contributed by atoms with Crippen LogP contribution in [-0.2, 0) is 6.61 Å². The Morgan fingerprint density at radius 3 is 2.64 bits per heavy atom. The third-order valence-electron chi connectivity index (χ3n) is 3.45. The highest BCUT2D eigenvalue weighted by atomic mass is 16.5. The van der Waals surface area contributed by atoms with Gasteiger partial charge >= 0.3 is 0 Å². The van der Waals surface area contributed by atoms with Crippen LogP contribution in [0.25, 0.3) is 0 Å². The van der Waals surface area contributed by atoms with E-state index in [1.165, 1.54) is 6.20 Å². The van der Waals surface area contributed by atoms with Crippen LogP contribution in [0.4, 0.5) is 0 Å². The summed E-state index contributed by atoms with van der Waals surface area (Å²) in [6.07, 6.45) is 4.66. The van der Waals surface area contributed by atoms with Crippen LogP contribution in [0.15, 0.2) is 84.2 Å². The summed E-state index contributed by atoms with van der Waals surface area (Å²) in [5.74, 6) is 0.387. The summed E-state index contributed by atoms with van der Waals surface area (Å²) >= 11 is 0. The number of amides is 1. The number of benzene rings is 2. The molecular weight excluding hydrogens is 314 g/mol. The van der Waals surface area contributed by atoms with Crippen LogP contribution < -0.4 is 10.2 Å². The lowest BCUT2D eigenvalue weighted by atomic mass is 10.2. The summed E-state index contributed by atoms with van der Waals surface area (Å²) in [4.78, 5) is 15.8. The fraction of sp³-hybridized carbons (Fsp3) is 0.0500. The molecule has 2 aromatic carbocycles. The van der Waals surface area contributed by atoms with Crippen molar-refractivity contribution in [1.82, 2.24) is 10.4 Å². The maximum atomic E-state index is 11.9. The number of nitrogens with one attached hydrogen (secondary N) is 1. The first-order valence-electron chi connectivity index (χ1n) is 7.82. The van der Waals surface area contributed by atoms with Crippen molar-refractivity contribution in [3.63, 3.8) is 0 Å². The molecule has 3 aromatic rings. The predicted molar refractivity (Wildman–Crippen MR) is 96.5 cm³/mol. The van der Waals surface area contributed by atoms with Gasteiger partial charge in [0.2, 0.25) is 0 Å². The highest BCUT2D eigenvalue weighted by Crippen LogP contribution is 2.17. The Balaban J connectivity index is 1.63. The Bertz CT molecular complexity index is 849. The molecule has 0 unspecified atom stereocenters. The van der Waals surface area contributed by atoms with E-state index in [1.54, 1.807) is 24.5 Å². The van der Waals surface area contributed by atoms with Gasteiger partial charge in [0.05, 0.1) is 11.8 Å². The Kier molecular flexibility index (Phi) is 5.51. The zero-order valence-corrected chi connectivity index (χ0v) is 13.5. The molecule has 0 radical (unpaired) electrons. The van der Waals surface area contributed by atoms with Crippen molar-refractivity contribution in [3.8, 4) is 5.75 Å². The number of carbonyl (C=O) groups excluding carboxylic acids is 1. The fourth-order valence-corrected chi connectivity index (χ4v) is 2.18. The summed E-state index contributed by atoms with van der Waals surface area (Å²) in [6.45, 7) is 0.466. The summed E-state index contributed by atoms with van der Waals surface area (Å²) in [6, 6.07) is 20.8. The molecule has 3 rings (SSSR count). The number of nitrogens with zero attached hydrogens (tertiary/aromatic N) is 2. The second-order valence-electron chi connectivity index (χ2n) is 5.25. The normalized spacial score (nSPS) is 10.6.